The molecule has 1 aromatic heterocycles. The van der Waals surface area contributed by atoms with Crippen LogP contribution in [0.15, 0.2) is 36.5 Å². The molecule has 1 aromatic carbocycles. The van der Waals surface area contributed by atoms with Crippen molar-refractivity contribution in [1.82, 2.24) is 9.78 Å². The molecule has 1 N–H and O–H groups in total. The second-order valence-corrected chi connectivity index (χ2v) is 6.05. The Bertz CT molecular complexity index is 621. The molecule has 3 rings (SSSR count). The zero-order chi connectivity index (χ0) is 14.7. The lowest BCUT2D eigenvalue weighted by Crippen LogP contribution is -2.16. The molecule has 21 heavy (non-hydrogen) atoms. The molecule has 0 amide bonds. The lowest BCUT2D eigenvalue weighted by molar-refractivity contribution is 0.0675. The molecule has 1 aliphatic rings. The van der Waals surface area contributed by atoms with Crippen LogP contribution in [0.4, 0.5) is 0 Å². The van der Waals surface area contributed by atoms with Gasteiger partial charge in [-0.3, -0.25) is 4.68 Å². The molecule has 1 aliphatic heterocycles. The Morgan fingerprint density at radius 1 is 1.43 bits per heavy atom. The highest BCUT2D eigenvalue weighted by atomic mass is 32.2. The zero-order valence-corrected chi connectivity index (χ0v) is 12.3. The molecule has 2 heterocycles. The summed E-state index contributed by atoms with van der Waals surface area (Å²) in [5.74, 6) is 1.29. The third-order valence-electron chi connectivity index (χ3n) is 3.45. The maximum absolute atomic E-state index is 11.5. The van der Waals surface area contributed by atoms with Crippen LogP contribution in [0.1, 0.15) is 28.5 Å². The minimum absolute atomic E-state index is 0.148. The maximum Gasteiger partial charge on any atom is 0.358 e. The molecule has 0 bridgehead atoms. The minimum Gasteiger partial charge on any atom is -0.485 e. The summed E-state index contributed by atoms with van der Waals surface area (Å²) < 4.78 is 7.25. The molecule has 0 spiro atoms. The summed E-state index contributed by atoms with van der Waals surface area (Å²) in [6.07, 6.45) is 2.46. The molecule has 1 atom stereocenters. The van der Waals surface area contributed by atoms with Crippen molar-refractivity contribution in [2.24, 2.45) is 0 Å². The SMILES string of the molecule is O=C(O)c1c(OCc2ccccc2)cnn1C1CCSC1. The number of carboxylic acid groups (broad SMARTS) is 1. The van der Waals surface area contributed by atoms with Gasteiger partial charge in [0.2, 0.25) is 0 Å². The Labute approximate surface area is 126 Å². The standard InChI is InChI=1S/C15H16N2O3S/c18-15(19)14-13(20-9-11-4-2-1-3-5-11)8-16-17(14)12-6-7-21-10-12/h1-5,8,12H,6-7,9-10H2,(H,18,19). The number of aromatic carboxylic acids is 1. The highest BCUT2D eigenvalue weighted by Crippen LogP contribution is 2.31. The van der Waals surface area contributed by atoms with Crippen LogP contribution in [0, 0.1) is 0 Å². The van der Waals surface area contributed by atoms with E-state index in [2.05, 4.69) is 5.10 Å². The van der Waals surface area contributed by atoms with Crippen LogP contribution in [0.3, 0.4) is 0 Å². The van der Waals surface area contributed by atoms with Gasteiger partial charge < -0.3 is 9.84 Å². The monoisotopic (exact) mass is 304 g/mol. The topological polar surface area (TPSA) is 64.3 Å². The highest BCUT2D eigenvalue weighted by molar-refractivity contribution is 7.99. The van der Waals surface area contributed by atoms with Gasteiger partial charge in [0.25, 0.3) is 0 Å². The minimum atomic E-state index is -0.993. The number of hydrogen-bond donors (Lipinski definition) is 1. The number of hydrogen-bond acceptors (Lipinski definition) is 4. The van der Waals surface area contributed by atoms with Gasteiger partial charge in [0.1, 0.15) is 6.61 Å². The first-order chi connectivity index (χ1) is 10.3. The van der Waals surface area contributed by atoms with E-state index >= 15 is 0 Å². The van der Waals surface area contributed by atoms with Gasteiger partial charge in [0.05, 0.1) is 12.2 Å². The summed E-state index contributed by atoms with van der Waals surface area (Å²) in [5.41, 5.74) is 1.15. The summed E-state index contributed by atoms with van der Waals surface area (Å²) in [4.78, 5) is 11.5. The number of nitrogens with zero attached hydrogens (tertiary/aromatic N) is 2. The number of carbonyl (C=O) groups is 1. The number of carboxylic acids is 1. The number of rotatable bonds is 5. The molecular formula is C15H16N2O3S. The lowest BCUT2D eigenvalue weighted by Gasteiger charge is -2.12. The lowest BCUT2D eigenvalue weighted by atomic mass is 10.2. The van der Waals surface area contributed by atoms with Crippen LogP contribution in [-0.2, 0) is 6.61 Å². The van der Waals surface area contributed by atoms with E-state index in [1.54, 1.807) is 4.68 Å². The molecule has 5 nitrogen and oxygen atoms in total. The smallest absolute Gasteiger partial charge is 0.358 e. The molecule has 110 valence electrons. The number of ether oxygens (including phenoxy) is 1. The fourth-order valence-corrected chi connectivity index (χ4v) is 3.57. The Balaban J connectivity index is 1.80. The molecule has 1 saturated heterocycles. The maximum atomic E-state index is 11.5. The summed E-state index contributed by atoms with van der Waals surface area (Å²) in [7, 11) is 0. The van der Waals surface area contributed by atoms with E-state index in [0.29, 0.717) is 12.4 Å². The van der Waals surface area contributed by atoms with E-state index in [-0.39, 0.29) is 11.7 Å². The van der Waals surface area contributed by atoms with E-state index in [0.717, 1.165) is 23.5 Å². The van der Waals surface area contributed by atoms with Crippen LogP contribution in [0.25, 0.3) is 0 Å². The van der Waals surface area contributed by atoms with E-state index in [9.17, 15) is 9.90 Å². The van der Waals surface area contributed by atoms with Crippen molar-refractivity contribution in [3.63, 3.8) is 0 Å². The van der Waals surface area contributed by atoms with Gasteiger partial charge in [-0.1, -0.05) is 30.3 Å². The largest absolute Gasteiger partial charge is 0.485 e. The summed E-state index contributed by atoms with van der Waals surface area (Å²) in [6, 6.07) is 9.82. The molecule has 2 aromatic rings. The van der Waals surface area contributed by atoms with Crippen molar-refractivity contribution in [2.45, 2.75) is 19.1 Å². The van der Waals surface area contributed by atoms with Gasteiger partial charge in [-0.25, -0.2) is 4.79 Å². The van der Waals surface area contributed by atoms with Gasteiger partial charge in [0.15, 0.2) is 11.4 Å². The van der Waals surface area contributed by atoms with Crippen molar-refractivity contribution in [3.8, 4) is 5.75 Å². The van der Waals surface area contributed by atoms with Crippen LogP contribution in [0.2, 0.25) is 0 Å². The van der Waals surface area contributed by atoms with Crippen molar-refractivity contribution in [3.05, 3.63) is 47.8 Å². The van der Waals surface area contributed by atoms with Crippen molar-refractivity contribution < 1.29 is 14.6 Å². The Hall–Kier alpha value is -1.95. The zero-order valence-electron chi connectivity index (χ0n) is 11.4. The molecule has 6 heteroatoms. The molecule has 0 radical (unpaired) electrons. The Morgan fingerprint density at radius 3 is 2.90 bits per heavy atom. The fraction of sp³-hybridized carbons (Fsp3) is 0.333. The number of thioether (sulfide) groups is 1. The van der Waals surface area contributed by atoms with E-state index in [4.69, 9.17) is 4.74 Å². The second kappa shape index (κ2) is 6.22. The first kappa shape index (κ1) is 14.0. The molecular weight excluding hydrogens is 288 g/mol. The summed E-state index contributed by atoms with van der Waals surface area (Å²) >= 11 is 1.82. The number of aromatic nitrogens is 2. The fourth-order valence-electron chi connectivity index (χ4n) is 2.38. The third-order valence-corrected chi connectivity index (χ3v) is 4.60. The van der Waals surface area contributed by atoms with Crippen LogP contribution in [0.5, 0.6) is 5.75 Å². The van der Waals surface area contributed by atoms with Gasteiger partial charge >= 0.3 is 5.97 Å². The molecule has 0 aliphatic carbocycles. The van der Waals surface area contributed by atoms with E-state index in [1.807, 2.05) is 42.1 Å². The average molecular weight is 304 g/mol. The van der Waals surface area contributed by atoms with Gasteiger partial charge in [0, 0.05) is 5.75 Å². The van der Waals surface area contributed by atoms with Gasteiger partial charge in [-0.05, 0) is 17.7 Å². The first-order valence-corrected chi connectivity index (χ1v) is 7.96. The Morgan fingerprint density at radius 2 is 2.24 bits per heavy atom. The second-order valence-electron chi connectivity index (χ2n) is 4.90. The summed E-state index contributed by atoms with van der Waals surface area (Å²) in [6.45, 7) is 0.340. The highest BCUT2D eigenvalue weighted by Gasteiger charge is 2.26. The first-order valence-electron chi connectivity index (χ1n) is 6.81. The predicted molar refractivity (Wildman–Crippen MR) is 80.9 cm³/mol. The molecule has 1 unspecified atom stereocenters. The predicted octanol–water partition coefficient (Wildman–Crippen LogP) is 2.84. The van der Waals surface area contributed by atoms with E-state index in [1.165, 1.54) is 6.20 Å². The van der Waals surface area contributed by atoms with Crippen molar-refractivity contribution in [2.75, 3.05) is 11.5 Å². The van der Waals surface area contributed by atoms with E-state index < -0.39 is 5.97 Å². The van der Waals surface area contributed by atoms with Crippen LogP contribution >= 0.6 is 11.8 Å². The van der Waals surface area contributed by atoms with Gasteiger partial charge in [-0.2, -0.15) is 16.9 Å². The number of benzene rings is 1. The van der Waals surface area contributed by atoms with Gasteiger partial charge in [-0.15, -0.1) is 0 Å². The quantitative estimate of drug-likeness (QED) is 0.920. The normalized spacial score (nSPS) is 17.8. The average Bonchev–Trinajstić information content (AvgIpc) is 3.15. The van der Waals surface area contributed by atoms with Crippen LogP contribution in [-0.4, -0.2) is 32.4 Å². The summed E-state index contributed by atoms with van der Waals surface area (Å²) in [5, 5.41) is 13.7. The third kappa shape index (κ3) is 3.05. The van der Waals surface area contributed by atoms with Crippen LogP contribution < -0.4 is 4.74 Å². The van der Waals surface area contributed by atoms with Crippen molar-refractivity contribution in [1.29, 1.82) is 0 Å². The molecule has 0 saturated carbocycles. The van der Waals surface area contributed by atoms with Crippen molar-refractivity contribution >= 4 is 17.7 Å². The molecule has 1 fully saturated rings. The Kier molecular flexibility index (Phi) is 4.15.